The van der Waals surface area contributed by atoms with Crippen LogP contribution in [0.4, 0.5) is 0 Å². The smallest absolute Gasteiger partial charge is 0.0859 e. The Bertz CT molecular complexity index is 145. The highest BCUT2D eigenvalue weighted by Crippen LogP contribution is 2.06. The molecule has 1 nitrogen and oxygen atoms in total. The first-order valence-electron chi connectivity index (χ1n) is 4.05. The van der Waals surface area contributed by atoms with Gasteiger partial charge in [-0.05, 0) is 33.1 Å². The van der Waals surface area contributed by atoms with Crippen LogP contribution in [0.1, 0.15) is 33.1 Å². The lowest BCUT2D eigenvalue weighted by Crippen LogP contribution is -1.82. The molecule has 0 unspecified atom stereocenters. The summed E-state index contributed by atoms with van der Waals surface area (Å²) in [6.07, 6.45) is 4.89. The highest BCUT2D eigenvalue weighted by atomic mass is 16.2. The molecule has 0 aromatic carbocycles. The van der Waals surface area contributed by atoms with Gasteiger partial charge in [-0.2, -0.15) is 0 Å². The molecular weight excluding hydrogens is 136 g/mol. The minimum Gasteiger partial charge on any atom is -0.236 e. The summed E-state index contributed by atoms with van der Waals surface area (Å²) in [5.41, 5.74) is 2.41. The molecule has 0 N–H and O–H groups in total. The lowest BCUT2D eigenvalue weighted by molar-refractivity contribution is 0.197. The third-order valence-corrected chi connectivity index (χ3v) is 1.56. The molecule has 11 heavy (non-hydrogen) atoms. The van der Waals surface area contributed by atoms with Gasteiger partial charge in [-0.3, -0.25) is 0 Å². The number of allylic oxidation sites excluding steroid dienone is 2. The van der Waals surface area contributed by atoms with Crippen LogP contribution in [0.3, 0.4) is 0 Å². The van der Waals surface area contributed by atoms with Gasteiger partial charge in [0, 0.05) is 0 Å². The average molecular weight is 153 g/mol. The first-order chi connectivity index (χ1) is 5.16. The molecule has 0 aliphatic rings. The summed E-state index contributed by atoms with van der Waals surface area (Å²) >= 11 is 0. The van der Waals surface area contributed by atoms with Crippen LogP contribution in [0.15, 0.2) is 23.8 Å². The van der Waals surface area contributed by atoms with Crippen molar-refractivity contribution in [1.29, 1.82) is 0 Å². The van der Waals surface area contributed by atoms with Crippen molar-refractivity contribution in [1.82, 2.24) is 0 Å². The van der Waals surface area contributed by atoms with Gasteiger partial charge in [0.2, 0.25) is 0 Å². The molecule has 0 fully saturated rings. The minimum absolute atomic E-state index is 0.00933. The summed E-state index contributed by atoms with van der Waals surface area (Å²) in [5, 5.41) is 10.2. The van der Waals surface area contributed by atoms with Gasteiger partial charge >= 0.3 is 0 Å². The van der Waals surface area contributed by atoms with E-state index in [1.807, 2.05) is 13.8 Å². The fraction of sp³-hybridized carbons (Fsp3) is 0.600. The monoisotopic (exact) mass is 153 g/mol. The molecule has 0 aliphatic heterocycles. The molecule has 0 rings (SSSR count). The Morgan fingerprint density at radius 2 is 2.00 bits per heavy atom. The second-order valence-corrected chi connectivity index (χ2v) is 3.00. The second kappa shape index (κ2) is 6.17. The zero-order valence-corrected chi connectivity index (χ0v) is 7.52. The normalized spacial score (nSPS) is 11.7. The van der Waals surface area contributed by atoms with Crippen molar-refractivity contribution in [3.8, 4) is 0 Å². The third kappa shape index (κ3) is 7.34. The van der Waals surface area contributed by atoms with Crippen LogP contribution >= 0.6 is 0 Å². The second-order valence-electron chi connectivity index (χ2n) is 3.00. The first-order valence-corrected chi connectivity index (χ1v) is 4.05. The van der Waals surface area contributed by atoms with Crippen molar-refractivity contribution in [3.05, 3.63) is 23.8 Å². The molecule has 0 spiro atoms. The molecular formula is C10H17O. The molecule has 1 heteroatoms. The Kier molecular flexibility index (Phi) is 5.86. The van der Waals surface area contributed by atoms with Crippen LogP contribution in [0.5, 0.6) is 0 Å². The number of hydrogen-bond donors (Lipinski definition) is 0. The molecule has 0 heterocycles. The van der Waals surface area contributed by atoms with Gasteiger partial charge in [0.05, 0.1) is 6.61 Å². The molecule has 0 aromatic heterocycles. The van der Waals surface area contributed by atoms with Gasteiger partial charge in [-0.1, -0.05) is 17.2 Å². The van der Waals surface area contributed by atoms with E-state index < -0.39 is 0 Å². The SMILES string of the molecule is C=C(C)CCC=C(C)CC[O]. The van der Waals surface area contributed by atoms with Crippen molar-refractivity contribution in [2.24, 2.45) is 0 Å². The van der Waals surface area contributed by atoms with E-state index in [-0.39, 0.29) is 6.61 Å². The van der Waals surface area contributed by atoms with Crippen molar-refractivity contribution >= 4 is 0 Å². The van der Waals surface area contributed by atoms with E-state index in [4.69, 9.17) is 0 Å². The summed E-state index contributed by atoms with van der Waals surface area (Å²) in [5.74, 6) is 0. The van der Waals surface area contributed by atoms with Crippen LogP contribution < -0.4 is 0 Å². The lowest BCUT2D eigenvalue weighted by atomic mass is 10.1. The highest BCUT2D eigenvalue weighted by molar-refractivity contribution is 5.00. The van der Waals surface area contributed by atoms with Crippen LogP contribution in [-0.2, 0) is 5.11 Å². The van der Waals surface area contributed by atoms with E-state index in [1.54, 1.807) is 0 Å². The minimum atomic E-state index is 0.00933. The zero-order valence-electron chi connectivity index (χ0n) is 7.52. The van der Waals surface area contributed by atoms with Crippen molar-refractivity contribution in [2.45, 2.75) is 33.1 Å². The molecule has 1 radical (unpaired) electrons. The van der Waals surface area contributed by atoms with E-state index in [0.29, 0.717) is 6.42 Å². The van der Waals surface area contributed by atoms with Gasteiger partial charge < -0.3 is 0 Å². The summed E-state index contributed by atoms with van der Waals surface area (Å²) in [7, 11) is 0. The Morgan fingerprint density at radius 3 is 2.45 bits per heavy atom. The summed E-state index contributed by atoms with van der Waals surface area (Å²) in [6, 6.07) is 0. The first kappa shape index (κ1) is 10.4. The highest BCUT2D eigenvalue weighted by Gasteiger charge is 1.88. The van der Waals surface area contributed by atoms with Gasteiger partial charge in [-0.25, -0.2) is 5.11 Å². The Labute approximate surface area is 69.4 Å². The third-order valence-electron chi connectivity index (χ3n) is 1.56. The summed E-state index contributed by atoms with van der Waals surface area (Å²) < 4.78 is 0. The Morgan fingerprint density at radius 1 is 1.36 bits per heavy atom. The van der Waals surface area contributed by atoms with Gasteiger partial charge in [0.25, 0.3) is 0 Å². The predicted octanol–water partition coefficient (Wildman–Crippen LogP) is 3.11. The number of hydrogen-bond acceptors (Lipinski definition) is 0. The summed E-state index contributed by atoms with van der Waals surface area (Å²) in [4.78, 5) is 0. The lowest BCUT2D eigenvalue weighted by Gasteiger charge is -1.97. The van der Waals surface area contributed by atoms with Gasteiger partial charge in [-0.15, -0.1) is 6.58 Å². The van der Waals surface area contributed by atoms with E-state index >= 15 is 0 Å². The molecule has 0 aromatic rings. The largest absolute Gasteiger partial charge is 0.236 e. The Balaban J connectivity index is 3.47. The number of rotatable bonds is 5. The van der Waals surface area contributed by atoms with E-state index in [1.165, 1.54) is 11.1 Å². The van der Waals surface area contributed by atoms with Crippen molar-refractivity contribution in [2.75, 3.05) is 6.61 Å². The van der Waals surface area contributed by atoms with Crippen LogP contribution in [0.25, 0.3) is 0 Å². The maximum atomic E-state index is 10.2. The van der Waals surface area contributed by atoms with Crippen molar-refractivity contribution in [3.63, 3.8) is 0 Å². The standard InChI is InChI=1S/C10H17O/c1-9(2)5-4-6-10(3)7-8-11/h6H,1,4-5,7-8H2,2-3H3. The molecule has 0 amide bonds. The predicted molar refractivity (Wildman–Crippen MR) is 48.0 cm³/mol. The topological polar surface area (TPSA) is 19.9 Å². The van der Waals surface area contributed by atoms with Crippen molar-refractivity contribution < 1.29 is 5.11 Å². The van der Waals surface area contributed by atoms with E-state index in [2.05, 4.69) is 12.7 Å². The van der Waals surface area contributed by atoms with E-state index in [9.17, 15) is 5.11 Å². The van der Waals surface area contributed by atoms with Gasteiger partial charge in [0.1, 0.15) is 0 Å². The van der Waals surface area contributed by atoms with Crippen LogP contribution in [0.2, 0.25) is 0 Å². The Hall–Kier alpha value is -0.560. The molecule has 0 bridgehead atoms. The quantitative estimate of drug-likeness (QED) is 0.541. The fourth-order valence-corrected chi connectivity index (χ4v) is 0.828. The maximum absolute atomic E-state index is 10.2. The maximum Gasteiger partial charge on any atom is 0.0859 e. The van der Waals surface area contributed by atoms with E-state index in [0.717, 1.165) is 12.8 Å². The average Bonchev–Trinajstić information content (AvgIpc) is 1.87. The van der Waals surface area contributed by atoms with Crippen LogP contribution in [0, 0.1) is 0 Å². The zero-order chi connectivity index (χ0) is 8.69. The molecule has 0 saturated carbocycles. The molecule has 63 valence electrons. The molecule has 0 saturated heterocycles. The van der Waals surface area contributed by atoms with Gasteiger partial charge in [0.15, 0.2) is 0 Å². The fourth-order valence-electron chi connectivity index (χ4n) is 0.828. The van der Waals surface area contributed by atoms with Crippen LogP contribution in [-0.4, -0.2) is 6.61 Å². The molecule has 0 aliphatic carbocycles. The summed E-state index contributed by atoms with van der Waals surface area (Å²) in [6.45, 7) is 7.85. The molecule has 0 atom stereocenters.